The topological polar surface area (TPSA) is 92.6 Å². The molecule has 0 aliphatic carbocycles. The third kappa shape index (κ3) is 5.78. The second-order valence-electron chi connectivity index (χ2n) is 7.86. The van der Waals surface area contributed by atoms with Gasteiger partial charge in [-0.25, -0.2) is 13.4 Å². The highest BCUT2D eigenvalue weighted by molar-refractivity contribution is 7.98. The van der Waals surface area contributed by atoms with Crippen molar-refractivity contribution in [2.24, 2.45) is 0 Å². The van der Waals surface area contributed by atoms with Crippen LogP contribution in [0.4, 0.5) is 11.4 Å². The van der Waals surface area contributed by atoms with Gasteiger partial charge < -0.3 is 9.72 Å². The summed E-state index contributed by atoms with van der Waals surface area (Å²) in [6.07, 6.45) is 4.52. The number of carbonyl (C=O) groups is 1. The van der Waals surface area contributed by atoms with Crippen LogP contribution in [0.25, 0.3) is 5.65 Å². The quantitative estimate of drug-likeness (QED) is 0.307. The number of amides is 1. The normalized spacial score (nSPS) is 11.5. The Morgan fingerprint density at radius 2 is 1.79 bits per heavy atom. The van der Waals surface area contributed by atoms with Crippen LogP contribution in [0, 0.1) is 6.92 Å². The molecule has 0 saturated carbocycles. The van der Waals surface area contributed by atoms with E-state index in [2.05, 4.69) is 15.0 Å². The van der Waals surface area contributed by atoms with E-state index in [-0.39, 0.29) is 11.7 Å². The molecule has 176 valence electrons. The Hall–Kier alpha value is -3.30. The summed E-state index contributed by atoms with van der Waals surface area (Å²) >= 11 is 1.65. The molecule has 2 aromatic heterocycles. The summed E-state index contributed by atoms with van der Waals surface area (Å²) in [6.45, 7) is 3.59. The van der Waals surface area contributed by atoms with E-state index in [0.29, 0.717) is 28.9 Å². The fraction of sp³-hybridized carbons (Fsp3) is 0.200. The molecule has 0 fully saturated rings. The number of imidazole rings is 1. The first-order valence-electron chi connectivity index (χ1n) is 10.9. The monoisotopic (exact) mass is 494 g/mol. The van der Waals surface area contributed by atoms with E-state index < -0.39 is 10.0 Å². The van der Waals surface area contributed by atoms with Crippen LogP contribution in [0.5, 0.6) is 0 Å². The van der Waals surface area contributed by atoms with E-state index in [1.165, 1.54) is 0 Å². The lowest BCUT2D eigenvalue weighted by Crippen LogP contribution is -2.18. The molecular weight excluding hydrogens is 468 g/mol. The van der Waals surface area contributed by atoms with E-state index in [1.54, 1.807) is 49.0 Å². The van der Waals surface area contributed by atoms with Crippen LogP contribution in [0.3, 0.4) is 0 Å². The minimum atomic E-state index is -3.41. The van der Waals surface area contributed by atoms with Crippen molar-refractivity contribution in [3.63, 3.8) is 0 Å². The zero-order valence-electron chi connectivity index (χ0n) is 19.0. The number of aromatic nitrogens is 2. The molecule has 0 saturated heterocycles. The van der Waals surface area contributed by atoms with Gasteiger partial charge in [-0.1, -0.05) is 19.1 Å². The van der Waals surface area contributed by atoms with Crippen LogP contribution in [0.1, 0.15) is 35.0 Å². The van der Waals surface area contributed by atoms with Crippen molar-refractivity contribution >= 4 is 44.7 Å². The Labute approximate surface area is 203 Å². The van der Waals surface area contributed by atoms with Crippen molar-refractivity contribution < 1.29 is 13.2 Å². The smallest absolute Gasteiger partial charge is 0.255 e. The molecule has 0 radical (unpaired) electrons. The number of rotatable bonds is 9. The van der Waals surface area contributed by atoms with Crippen molar-refractivity contribution in [1.82, 2.24) is 9.38 Å². The highest BCUT2D eigenvalue weighted by Gasteiger charge is 2.14. The van der Waals surface area contributed by atoms with Gasteiger partial charge in [0.15, 0.2) is 0 Å². The maximum absolute atomic E-state index is 12.8. The highest BCUT2D eigenvalue weighted by Crippen LogP contribution is 2.26. The summed E-state index contributed by atoms with van der Waals surface area (Å²) in [5, 5.41) is 2.88. The molecular formula is C25H26N4O3S2. The van der Waals surface area contributed by atoms with E-state index in [4.69, 9.17) is 0 Å². The number of sulfonamides is 1. The molecule has 9 heteroatoms. The van der Waals surface area contributed by atoms with Crippen molar-refractivity contribution in [2.45, 2.75) is 30.9 Å². The summed E-state index contributed by atoms with van der Waals surface area (Å²) in [7, 11) is -3.41. The summed E-state index contributed by atoms with van der Waals surface area (Å²) in [6, 6.07) is 18.5. The van der Waals surface area contributed by atoms with Crippen LogP contribution in [-0.2, 0) is 15.8 Å². The van der Waals surface area contributed by atoms with Gasteiger partial charge in [0.25, 0.3) is 5.91 Å². The van der Waals surface area contributed by atoms with Crippen LogP contribution in [0.15, 0.2) is 78.0 Å². The third-order valence-corrected chi connectivity index (χ3v) is 7.76. The van der Waals surface area contributed by atoms with Gasteiger partial charge in [0.2, 0.25) is 10.0 Å². The summed E-state index contributed by atoms with van der Waals surface area (Å²) < 4.78 is 28.8. The lowest BCUT2D eigenvalue weighted by atomic mass is 10.1. The van der Waals surface area contributed by atoms with Gasteiger partial charge in [0.1, 0.15) is 5.65 Å². The average Bonchev–Trinajstić information content (AvgIpc) is 3.23. The van der Waals surface area contributed by atoms with Gasteiger partial charge in [-0.3, -0.25) is 9.52 Å². The number of nitrogens with one attached hydrogen (secondary N) is 2. The SMILES string of the molecule is CCCS(=O)(=O)Nc1cccc(NC(=O)c2ccc(SCc3cn4ccccc4n3)cc2)c1C. The van der Waals surface area contributed by atoms with Crippen LogP contribution in [-0.4, -0.2) is 29.5 Å². The molecule has 4 aromatic rings. The number of thioether (sulfide) groups is 1. The number of fused-ring (bicyclic) bond motifs is 1. The van der Waals surface area contributed by atoms with Crippen LogP contribution < -0.4 is 10.0 Å². The first-order valence-corrected chi connectivity index (χ1v) is 13.6. The number of hydrogen-bond acceptors (Lipinski definition) is 5. The van der Waals surface area contributed by atoms with Gasteiger partial charge >= 0.3 is 0 Å². The molecule has 2 heterocycles. The Morgan fingerprint density at radius 1 is 1.03 bits per heavy atom. The Balaban J connectivity index is 1.39. The molecule has 4 rings (SSSR count). The fourth-order valence-electron chi connectivity index (χ4n) is 3.48. The first kappa shape index (κ1) is 23.8. The lowest BCUT2D eigenvalue weighted by Gasteiger charge is -2.14. The van der Waals surface area contributed by atoms with E-state index in [0.717, 1.165) is 22.0 Å². The second kappa shape index (κ2) is 10.3. The molecule has 0 spiro atoms. The Kier molecular flexibility index (Phi) is 7.23. The second-order valence-corrected chi connectivity index (χ2v) is 10.8. The number of hydrogen-bond donors (Lipinski definition) is 2. The molecule has 0 bridgehead atoms. The maximum atomic E-state index is 12.8. The minimum absolute atomic E-state index is 0.0462. The molecule has 34 heavy (non-hydrogen) atoms. The first-order chi connectivity index (χ1) is 16.3. The average molecular weight is 495 g/mol. The molecule has 2 aromatic carbocycles. The van der Waals surface area contributed by atoms with Crippen molar-refractivity contribution in [3.8, 4) is 0 Å². The van der Waals surface area contributed by atoms with E-state index in [9.17, 15) is 13.2 Å². The predicted octanol–water partition coefficient (Wildman–Crippen LogP) is 5.34. The van der Waals surface area contributed by atoms with Crippen molar-refractivity contribution in [3.05, 3.63) is 89.9 Å². The van der Waals surface area contributed by atoms with Crippen molar-refractivity contribution in [2.75, 3.05) is 15.8 Å². The van der Waals surface area contributed by atoms with Crippen LogP contribution in [0.2, 0.25) is 0 Å². The largest absolute Gasteiger partial charge is 0.322 e. The standard InChI is InChI=1S/C25H26N4O3S2/c1-3-15-34(31,32)28-23-8-6-7-22(18(23)2)27-25(30)19-10-12-21(13-11-19)33-17-20-16-29-14-5-4-9-24(29)26-20/h4-14,16,28H,3,15,17H2,1-2H3,(H,27,30). The Morgan fingerprint density at radius 3 is 2.53 bits per heavy atom. The van der Waals surface area contributed by atoms with Gasteiger partial charge in [-0.05, 0) is 67.4 Å². The van der Waals surface area contributed by atoms with E-state index >= 15 is 0 Å². The zero-order chi connectivity index (χ0) is 24.1. The third-order valence-electron chi connectivity index (χ3n) is 5.24. The number of pyridine rings is 1. The maximum Gasteiger partial charge on any atom is 0.255 e. The number of benzene rings is 2. The molecule has 0 aliphatic rings. The number of nitrogens with zero attached hydrogens (tertiary/aromatic N) is 2. The minimum Gasteiger partial charge on any atom is -0.322 e. The van der Waals surface area contributed by atoms with Gasteiger partial charge in [0.05, 0.1) is 17.1 Å². The van der Waals surface area contributed by atoms with Crippen LogP contribution >= 0.6 is 11.8 Å². The summed E-state index contributed by atoms with van der Waals surface area (Å²) in [5.41, 5.74) is 4.12. The molecule has 0 aliphatic heterocycles. The van der Waals surface area contributed by atoms with Gasteiger partial charge in [-0.15, -0.1) is 11.8 Å². The van der Waals surface area contributed by atoms with Crippen molar-refractivity contribution in [1.29, 1.82) is 0 Å². The lowest BCUT2D eigenvalue weighted by molar-refractivity contribution is 0.102. The van der Waals surface area contributed by atoms with Gasteiger partial charge in [0, 0.05) is 34.3 Å². The predicted molar refractivity (Wildman–Crippen MR) is 138 cm³/mol. The summed E-state index contributed by atoms with van der Waals surface area (Å²) in [4.78, 5) is 18.4. The summed E-state index contributed by atoms with van der Waals surface area (Å²) in [5.74, 6) is 0.520. The molecule has 0 atom stereocenters. The van der Waals surface area contributed by atoms with Gasteiger partial charge in [-0.2, -0.15) is 0 Å². The van der Waals surface area contributed by atoms with E-state index in [1.807, 2.05) is 54.0 Å². The number of anilines is 2. The Bertz CT molecular complexity index is 1380. The molecule has 1 amide bonds. The fourth-order valence-corrected chi connectivity index (χ4v) is 5.46. The zero-order valence-corrected chi connectivity index (χ0v) is 20.6. The molecule has 2 N–H and O–H groups in total. The molecule has 0 unspecified atom stereocenters. The molecule has 7 nitrogen and oxygen atoms in total. The highest BCUT2D eigenvalue weighted by atomic mass is 32.2. The number of carbonyl (C=O) groups excluding carboxylic acids is 1.